The Morgan fingerprint density at radius 3 is 2.91 bits per heavy atom. The number of H-pyrrole nitrogens is 1. The van der Waals surface area contributed by atoms with Gasteiger partial charge >= 0.3 is 5.76 Å². The third-order valence-corrected chi connectivity index (χ3v) is 1.35. The number of hydrogen-bond donors (Lipinski definition) is 1. The van der Waals surface area contributed by atoms with Gasteiger partial charge in [-0.2, -0.15) is 0 Å². The van der Waals surface area contributed by atoms with Crippen molar-refractivity contribution in [2.75, 3.05) is 18.5 Å². The van der Waals surface area contributed by atoms with Gasteiger partial charge in [0.25, 0.3) is 0 Å². The van der Waals surface area contributed by atoms with Crippen LogP contribution in [0.1, 0.15) is 13.3 Å². The van der Waals surface area contributed by atoms with E-state index in [0.29, 0.717) is 5.95 Å². The number of aromatic amines is 1. The van der Waals surface area contributed by atoms with E-state index < -0.39 is 5.76 Å². The Morgan fingerprint density at radius 2 is 2.45 bits per heavy atom. The minimum atomic E-state index is -0.511. The number of aromatic nitrogens is 2. The SMILES string of the molecule is CCCN(C)c1noc(=O)[nH]1. The molecule has 0 spiro atoms. The van der Waals surface area contributed by atoms with Gasteiger partial charge < -0.3 is 4.90 Å². The van der Waals surface area contributed by atoms with Gasteiger partial charge in [-0.15, -0.1) is 0 Å². The topological polar surface area (TPSA) is 62.1 Å². The predicted octanol–water partition coefficient (Wildman–Crippen LogP) is 0.209. The number of nitrogens with one attached hydrogen (secondary N) is 1. The maximum atomic E-state index is 10.5. The van der Waals surface area contributed by atoms with Gasteiger partial charge in [-0.25, -0.2) is 4.79 Å². The van der Waals surface area contributed by atoms with E-state index in [4.69, 9.17) is 0 Å². The van der Waals surface area contributed by atoms with Crippen molar-refractivity contribution in [2.45, 2.75) is 13.3 Å². The third kappa shape index (κ3) is 1.83. The van der Waals surface area contributed by atoms with Crippen LogP contribution >= 0.6 is 0 Å². The van der Waals surface area contributed by atoms with Crippen LogP contribution in [0.25, 0.3) is 0 Å². The Bertz CT molecular complexity index is 265. The highest BCUT2D eigenvalue weighted by molar-refractivity contribution is 5.23. The van der Waals surface area contributed by atoms with Gasteiger partial charge in [-0.3, -0.25) is 9.51 Å². The van der Waals surface area contributed by atoms with Crippen LogP contribution < -0.4 is 10.7 Å². The molecule has 1 heterocycles. The van der Waals surface area contributed by atoms with E-state index in [1.165, 1.54) is 0 Å². The monoisotopic (exact) mass is 157 g/mol. The van der Waals surface area contributed by atoms with Crippen molar-refractivity contribution < 1.29 is 4.52 Å². The number of nitrogens with zero attached hydrogens (tertiary/aromatic N) is 2. The molecule has 0 aromatic carbocycles. The smallest absolute Gasteiger partial charge is 0.343 e. The van der Waals surface area contributed by atoms with Gasteiger partial charge in [0.1, 0.15) is 0 Å². The largest absolute Gasteiger partial charge is 0.440 e. The predicted molar refractivity (Wildman–Crippen MR) is 40.7 cm³/mol. The molecule has 0 aliphatic carbocycles. The van der Waals surface area contributed by atoms with Gasteiger partial charge in [0, 0.05) is 13.6 Å². The number of rotatable bonds is 3. The summed E-state index contributed by atoms with van der Waals surface area (Å²) in [6.45, 7) is 2.90. The molecule has 0 aliphatic rings. The van der Waals surface area contributed by atoms with Crippen molar-refractivity contribution in [3.05, 3.63) is 10.6 Å². The van der Waals surface area contributed by atoms with Gasteiger partial charge in [-0.1, -0.05) is 6.92 Å². The minimum absolute atomic E-state index is 0.483. The van der Waals surface area contributed by atoms with Crippen LogP contribution in [0.2, 0.25) is 0 Å². The van der Waals surface area contributed by atoms with Crippen LogP contribution in [-0.2, 0) is 0 Å². The maximum absolute atomic E-state index is 10.5. The van der Waals surface area contributed by atoms with E-state index in [1.807, 2.05) is 11.9 Å². The molecule has 0 bridgehead atoms. The molecule has 1 aromatic heterocycles. The Morgan fingerprint density at radius 1 is 1.73 bits per heavy atom. The fourth-order valence-electron chi connectivity index (χ4n) is 0.828. The summed E-state index contributed by atoms with van der Waals surface area (Å²) in [6, 6.07) is 0. The third-order valence-electron chi connectivity index (χ3n) is 1.35. The molecule has 0 unspecified atom stereocenters. The highest BCUT2D eigenvalue weighted by Crippen LogP contribution is 1.99. The van der Waals surface area contributed by atoms with E-state index >= 15 is 0 Å². The van der Waals surface area contributed by atoms with Gasteiger partial charge in [-0.05, 0) is 11.6 Å². The van der Waals surface area contributed by atoms with E-state index in [0.717, 1.165) is 13.0 Å². The molecular formula is C6H11N3O2. The molecule has 1 aromatic rings. The van der Waals surface area contributed by atoms with Crippen molar-refractivity contribution in [3.8, 4) is 0 Å². The lowest BCUT2D eigenvalue weighted by molar-refractivity contribution is 0.386. The standard InChI is InChI=1S/C6H11N3O2/c1-3-4-9(2)5-7-6(10)11-8-5/h3-4H2,1-2H3,(H,7,8,10). The van der Waals surface area contributed by atoms with E-state index in [2.05, 4.69) is 21.6 Å². The van der Waals surface area contributed by atoms with Crippen LogP contribution in [0.5, 0.6) is 0 Å². The molecule has 0 amide bonds. The number of hydrogen-bond acceptors (Lipinski definition) is 4. The van der Waals surface area contributed by atoms with Gasteiger partial charge in [0.05, 0.1) is 0 Å². The van der Waals surface area contributed by atoms with E-state index in [9.17, 15) is 4.79 Å². The minimum Gasteiger partial charge on any atom is -0.343 e. The fraction of sp³-hybridized carbons (Fsp3) is 0.667. The first-order chi connectivity index (χ1) is 5.24. The average molecular weight is 157 g/mol. The molecule has 0 saturated heterocycles. The first kappa shape index (κ1) is 7.84. The fourth-order valence-corrected chi connectivity index (χ4v) is 0.828. The van der Waals surface area contributed by atoms with Crippen molar-refractivity contribution in [2.24, 2.45) is 0 Å². The molecule has 5 nitrogen and oxygen atoms in total. The molecular weight excluding hydrogens is 146 g/mol. The summed E-state index contributed by atoms with van der Waals surface area (Å²) in [7, 11) is 1.84. The van der Waals surface area contributed by atoms with Crippen LogP contribution in [0.4, 0.5) is 5.95 Å². The molecule has 5 heteroatoms. The molecule has 62 valence electrons. The summed E-state index contributed by atoms with van der Waals surface area (Å²) in [5.41, 5.74) is 0. The zero-order valence-corrected chi connectivity index (χ0v) is 6.63. The lowest BCUT2D eigenvalue weighted by atomic mass is 10.4. The zero-order valence-electron chi connectivity index (χ0n) is 6.63. The molecule has 0 saturated carbocycles. The van der Waals surface area contributed by atoms with Crippen molar-refractivity contribution >= 4 is 5.95 Å². The molecule has 1 rings (SSSR count). The molecule has 0 radical (unpaired) electrons. The maximum Gasteiger partial charge on any atom is 0.440 e. The quantitative estimate of drug-likeness (QED) is 0.681. The Balaban J connectivity index is 2.68. The summed E-state index contributed by atoms with van der Waals surface area (Å²) in [6.07, 6.45) is 1.01. The Kier molecular flexibility index (Phi) is 2.30. The second-order valence-corrected chi connectivity index (χ2v) is 2.34. The normalized spacial score (nSPS) is 10.0. The lowest BCUT2D eigenvalue weighted by Gasteiger charge is -2.11. The summed E-state index contributed by atoms with van der Waals surface area (Å²) in [5.74, 6) is -0.0280. The van der Waals surface area contributed by atoms with Crippen LogP contribution in [0.3, 0.4) is 0 Å². The van der Waals surface area contributed by atoms with E-state index in [-0.39, 0.29) is 0 Å². The summed E-state index contributed by atoms with van der Waals surface area (Å²) < 4.78 is 4.33. The average Bonchev–Trinajstić information content (AvgIpc) is 2.36. The molecule has 0 atom stereocenters. The van der Waals surface area contributed by atoms with Crippen LogP contribution in [0, 0.1) is 0 Å². The van der Waals surface area contributed by atoms with Crippen molar-refractivity contribution in [1.82, 2.24) is 10.1 Å². The summed E-state index contributed by atoms with van der Waals surface area (Å²) in [5, 5.41) is 3.52. The first-order valence-corrected chi connectivity index (χ1v) is 3.51. The van der Waals surface area contributed by atoms with E-state index in [1.54, 1.807) is 0 Å². The summed E-state index contributed by atoms with van der Waals surface area (Å²) in [4.78, 5) is 14.8. The Hall–Kier alpha value is -1.26. The first-order valence-electron chi connectivity index (χ1n) is 3.51. The van der Waals surface area contributed by atoms with Crippen LogP contribution in [-0.4, -0.2) is 23.7 Å². The Labute approximate surface area is 64.0 Å². The second-order valence-electron chi connectivity index (χ2n) is 2.34. The molecule has 0 fully saturated rings. The molecule has 1 N–H and O–H groups in total. The second kappa shape index (κ2) is 3.23. The molecule has 0 aliphatic heterocycles. The van der Waals surface area contributed by atoms with Gasteiger partial charge in [0.2, 0.25) is 5.95 Å². The summed E-state index contributed by atoms with van der Waals surface area (Å²) >= 11 is 0. The van der Waals surface area contributed by atoms with Gasteiger partial charge in [0.15, 0.2) is 0 Å². The lowest BCUT2D eigenvalue weighted by Crippen LogP contribution is -2.19. The van der Waals surface area contributed by atoms with Crippen molar-refractivity contribution in [3.63, 3.8) is 0 Å². The number of anilines is 1. The highest BCUT2D eigenvalue weighted by Gasteiger charge is 2.03. The molecule has 11 heavy (non-hydrogen) atoms. The van der Waals surface area contributed by atoms with Crippen molar-refractivity contribution in [1.29, 1.82) is 0 Å². The highest BCUT2D eigenvalue weighted by atomic mass is 16.5. The zero-order chi connectivity index (χ0) is 8.27. The van der Waals surface area contributed by atoms with Crippen LogP contribution in [0.15, 0.2) is 9.32 Å².